The SMILES string of the molecule is O=C(CNC1CC1)Nc1cccc(F)c1C(=O)O. The molecule has 0 aromatic heterocycles. The fourth-order valence-electron chi connectivity index (χ4n) is 1.56. The molecular formula is C12H13FN2O3. The number of carbonyl (C=O) groups is 2. The molecule has 1 amide bonds. The summed E-state index contributed by atoms with van der Waals surface area (Å²) in [6, 6.07) is 4.14. The Morgan fingerprint density at radius 1 is 1.39 bits per heavy atom. The van der Waals surface area contributed by atoms with Crippen molar-refractivity contribution in [3.05, 3.63) is 29.6 Å². The molecule has 1 saturated carbocycles. The average Bonchev–Trinajstić information content (AvgIpc) is 3.09. The van der Waals surface area contributed by atoms with Gasteiger partial charge in [0.15, 0.2) is 0 Å². The maximum atomic E-state index is 13.3. The van der Waals surface area contributed by atoms with E-state index in [2.05, 4.69) is 10.6 Å². The Morgan fingerprint density at radius 2 is 2.11 bits per heavy atom. The summed E-state index contributed by atoms with van der Waals surface area (Å²) in [7, 11) is 0. The number of amides is 1. The Morgan fingerprint density at radius 3 is 2.72 bits per heavy atom. The van der Waals surface area contributed by atoms with Crippen LogP contribution in [0.3, 0.4) is 0 Å². The summed E-state index contributed by atoms with van der Waals surface area (Å²) >= 11 is 0. The average molecular weight is 252 g/mol. The Hall–Kier alpha value is -1.95. The Kier molecular flexibility index (Phi) is 3.57. The predicted octanol–water partition coefficient (Wildman–Crippen LogP) is 1.21. The van der Waals surface area contributed by atoms with E-state index in [-0.39, 0.29) is 18.1 Å². The van der Waals surface area contributed by atoms with Crippen LogP contribution in [0.1, 0.15) is 23.2 Å². The van der Waals surface area contributed by atoms with Gasteiger partial charge >= 0.3 is 5.97 Å². The summed E-state index contributed by atoms with van der Waals surface area (Å²) in [5.41, 5.74) is -0.539. The third-order valence-corrected chi connectivity index (χ3v) is 2.63. The number of anilines is 1. The number of nitrogens with one attached hydrogen (secondary N) is 2. The molecule has 0 heterocycles. The van der Waals surface area contributed by atoms with Crippen LogP contribution >= 0.6 is 0 Å². The third-order valence-electron chi connectivity index (χ3n) is 2.63. The Bertz CT molecular complexity index is 486. The second-order valence-corrected chi connectivity index (χ2v) is 4.17. The summed E-state index contributed by atoms with van der Waals surface area (Å²) in [4.78, 5) is 22.4. The zero-order valence-electron chi connectivity index (χ0n) is 9.57. The number of rotatable bonds is 5. The molecule has 0 atom stereocenters. The molecule has 1 aliphatic carbocycles. The van der Waals surface area contributed by atoms with Gasteiger partial charge in [0.1, 0.15) is 11.4 Å². The molecule has 0 aliphatic heterocycles. The standard InChI is InChI=1S/C12H13FN2O3/c13-8-2-1-3-9(11(8)12(17)18)15-10(16)6-14-7-4-5-7/h1-3,7,14H,4-6H2,(H,15,16)(H,17,18). The molecule has 1 fully saturated rings. The van der Waals surface area contributed by atoms with Crippen LogP contribution in [0.2, 0.25) is 0 Å². The van der Waals surface area contributed by atoms with Gasteiger partial charge in [-0.2, -0.15) is 0 Å². The van der Waals surface area contributed by atoms with Crippen LogP contribution in [0.15, 0.2) is 18.2 Å². The molecule has 96 valence electrons. The summed E-state index contributed by atoms with van der Waals surface area (Å²) < 4.78 is 13.3. The van der Waals surface area contributed by atoms with E-state index in [0.29, 0.717) is 6.04 Å². The van der Waals surface area contributed by atoms with Crippen molar-refractivity contribution in [1.82, 2.24) is 5.32 Å². The minimum Gasteiger partial charge on any atom is -0.478 e. The van der Waals surface area contributed by atoms with Gasteiger partial charge in [-0.15, -0.1) is 0 Å². The van der Waals surface area contributed by atoms with Crippen LogP contribution in [0.5, 0.6) is 0 Å². The van der Waals surface area contributed by atoms with E-state index in [4.69, 9.17) is 5.11 Å². The van der Waals surface area contributed by atoms with Gasteiger partial charge in [0, 0.05) is 6.04 Å². The van der Waals surface area contributed by atoms with Gasteiger partial charge < -0.3 is 15.7 Å². The highest BCUT2D eigenvalue weighted by Crippen LogP contribution is 2.20. The number of carbonyl (C=O) groups excluding carboxylic acids is 1. The lowest BCUT2D eigenvalue weighted by atomic mass is 10.1. The molecule has 1 aliphatic rings. The van der Waals surface area contributed by atoms with Gasteiger partial charge in [-0.1, -0.05) is 6.07 Å². The van der Waals surface area contributed by atoms with E-state index in [1.165, 1.54) is 12.1 Å². The summed E-state index contributed by atoms with van der Waals surface area (Å²) in [5.74, 6) is -2.65. The highest BCUT2D eigenvalue weighted by Gasteiger charge is 2.22. The Labute approximate surface area is 103 Å². The minimum absolute atomic E-state index is 0.0231. The summed E-state index contributed by atoms with van der Waals surface area (Å²) in [6.45, 7) is 0.0975. The number of hydrogen-bond donors (Lipinski definition) is 3. The molecule has 1 aromatic carbocycles. The van der Waals surface area contributed by atoms with Crippen LogP contribution in [-0.2, 0) is 4.79 Å². The molecular weight excluding hydrogens is 239 g/mol. The van der Waals surface area contributed by atoms with Crippen LogP contribution in [0.25, 0.3) is 0 Å². The van der Waals surface area contributed by atoms with E-state index in [1.54, 1.807) is 0 Å². The van der Waals surface area contributed by atoms with Crippen LogP contribution < -0.4 is 10.6 Å². The highest BCUT2D eigenvalue weighted by molar-refractivity contribution is 6.01. The summed E-state index contributed by atoms with van der Waals surface area (Å²) in [6.07, 6.45) is 2.10. The lowest BCUT2D eigenvalue weighted by Gasteiger charge is -2.09. The molecule has 1 aromatic rings. The molecule has 0 radical (unpaired) electrons. The van der Waals surface area contributed by atoms with Gasteiger partial charge in [0.2, 0.25) is 5.91 Å². The number of hydrogen-bond acceptors (Lipinski definition) is 3. The van der Waals surface area contributed by atoms with E-state index in [1.807, 2.05) is 0 Å². The van der Waals surface area contributed by atoms with Crippen molar-refractivity contribution < 1.29 is 19.1 Å². The Balaban J connectivity index is 2.05. The van der Waals surface area contributed by atoms with Gasteiger partial charge in [-0.05, 0) is 25.0 Å². The molecule has 18 heavy (non-hydrogen) atoms. The van der Waals surface area contributed by atoms with Crippen LogP contribution in [0, 0.1) is 5.82 Å². The van der Waals surface area contributed by atoms with Crippen molar-refractivity contribution in [2.45, 2.75) is 18.9 Å². The quantitative estimate of drug-likeness (QED) is 0.736. The zero-order valence-corrected chi connectivity index (χ0v) is 9.57. The van der Waals surface area contributed by atoms with E-state index >= 15 is 0 Å². The molecule has 0 unspecified atom stereocenters. The number of carboxylic acids is 1. The first-order chi connectivity index (χ1) is 8.58. The number of halogens is 1. The highest BCUT2D eigenvalue weighted by atomic mass is 19.1. The minimum atomic E-state index is -1.40. The third kappa shape index (κ3) is 3.04. The monoisotopic (exact) mass is 252 g/mol. The number of aromatic carboxylic acids is 1. The molecule has 2 rings (SSSR count). The van der Waals surface area contributed by atoms with Crippen molar-refractivity contribution in [1.29, 1.82) is 0 Å². The molecule has 3 N–H and O–H groups in total. The van der Waals surface area contributed by atoms with Crippen molar-refractivity contribution in [2.75, 3.05) is 11.9 Å². The van der Waals surface area contributed by atoms with Crippen molar-refractivity contribution in [2.24, 2.45) is 0 Å². The normalized spacial score (nSPS) is 14.3. The maximum Gasteiger partial charge on any atom is 0.340 e. The first kappa shape index (κ1) is 12.5. The lowest BCUT2D eigenvalue weighted by Crippen LogP contribution is -2.30. The number of carboxylic acid groups (broad SMARTS) is 1. The first-order valence-electron chi connectivity index (χ1n) is 5.63. The second kappa shape index (κ2) is 5.14. The molecule has 0 bridgehead atoms. The van der Waals surface area contributed by atoms with E-state index < -0.39 is 17.3 Å². The zero-order chi connectivity index (χ0) is 13.1. The smallest absolute Gasteiger partial charge is 0.340 e. The van der Waals surface area contributed by atoms with Gasteiger partial charge in [0.05, 0.1) is 12.2 Å². The largest absolute Gasteiger partial charge is 0.478 e. The molecule has 6 heteroatoms. The molecule has 0 spiro atoms. The predicted molar refractivity (Wildman–Crippen MR) is 63.0 cm³/mol. The van der Waals surface area contributed by atoms with E-state index in [0.717, 1.165) is 18.9 Å². The maximum absolute atomic E-state index is 13.3. The lowest BCUT2D eigenvalue weighted by molar-refractivity contribution is -0.115. The van der Waals surface area contributed by atoms with Gasteiger partial charge in [-0.3, -0.25) is 4.79 Å². The van der Waals surface area contributed by atoms with E-state index in [9.17, 15) is 14.0 Å². The van der Waals surface area contributed by atoms with Crippen LogP contribution in [0.4, 0.5) is 10.1 Å². The van der Waals surface area contributed by atoms with Crippen molar-refractivity contribution >= 4 is 17.6 Å². The van der Waals surface area contributed by atoms with Crippen molar-refractivity contribution in [3.8, 4) is 0 Å². The molecule has 0 saturated heterocycles. The van der Waals surface area contributed by atoms with Gasteiger partial charge in [-0.25, -0.2) is 9.18 Å². The van der Waals surface area contributed by atoms with Gasteiger partial charge in [0.25, 0.3) is 0 Å². The second-order valence-electron chi connectivity index (χ2n) is 4.17. The summed E-state index contributed by atoms with van der Waals surface area (Å²) in [5, 5.41) is 14.3. The fraction of sp³-hybridized carbons (Fsp3) is 0.333. The number of benzene rings is 1. The van der Waals surface area contributed by atoms with Crippen molar-refractivity contribution in [3.63, 3.8) is 0 Å². The molecule has 5 nitrogen and oxygen atoms in total. The fourth-order valence-corrected chi connectivity index (χ4v) is 1.56. The topological polar surface area (TPSA) is 78.4 Å². The van der Waals surface area contributed by atoms with Crippen LogP contribution in [-0.4, -0.2) is 29.6 Å². The first-order valence-corrected chi connectivity index (χ1v) is 5.63.